The first kappa shape index (κ1) is 27.8. The van der Waals surface area contributed by atoms with E-state index in [2.05, 4.69) is 15.9 Å². The van der Waals surface area contributed by atoms with Gasteiger partial charge < -0.3 is 14.2 Å². The fraction of sp³-hybridized carbons (Fsp3) is 0.382. The van der Waals surface area contributed by atoms with Gasteiger partial charge in [-0.2, -0.15) is 0 Å². The normalized spacial score (nSPS) is 15.9. The maximum atomic E-state index is 14.2. The Kier molecular flexibility index (Phi) is 8.85. The fourth-order valence-electron chi connectivity index (χ4n) is 5.91. The van der Waals surface area contributed by atoms with Crippen molar-refractivity contribution in [2.75, 3.05) is 59.6 Å². The van der Waals surface area contributed by atoms with E-state index in [4.69, 9.17) is 14.2 Å². The van der Waals surface area contributed by atoms with Crippen molar-refractivity contribution >= 4 is 27.2 Å². The third-order valence-corrected chi connectivity index (χ3v) is 9.13. The molecule has 0 bridgehead atoms. The molecule has 0 amide bonds. The van der Waals surface area contributed by atoms with Crippen molar-refractivity contribution in [2.45, 2.75) is 25.7 Å². The van der Waals surface area contributed by atoms with Crippen molar-refractivity contribution in [2.24, 2.45) is 0 Å². The monoisotopic (exact) mass is 570 g/mol. The summed E-state index contributed by atoms with van der Waals surface area (Å²) >= 11 is 1.59. The predicted molar refractivity (Wildman–Crippen MR) is 166 cm³/mol. The van der Waals surface area contributed by atoms with Crippen LogP contribution >= 0.6 is 11.3 Å². The van der Waals surface area contributed by atoms with Gasteiger partial charge in [-0.3, -0.25) is 14.6 Å². The second kappa shape index (κ2) is 13.1. The number of methoxy groups -OCH3 is 1. The van der Waals surface area contributed by atoms with E-state index in [0.29, 0.717) is 35.8 Å². The number of fused-ring (bicyclic) bond motifs is 1. The van der Waals surface area contributed by atoms with E-state index in [1.807, 2.05) is 60.0 Å². The lowest BCUT2D eigenvalue weighted by molar-refractivity contribution is 0.103. The van der Waals surface area contributed by atoms with E-state index in [0.717, 1.165) is 66.2 Å². The molecule has 0 aliphatic carbocycles. The quantitative estimate of drug-likeness (QED) is 0.176. The van der Waals surface area contributed by atoms with E-state index < -0.39 is 0 Å². The highest BCUT2D eigenvalue weighted by Crippen LogP contribution is 2.39. The SMILES string of the molecule is COc1cc(OCCN2CCCC2)cc(-c2ccc(OCCN3CCCC3)cc2)c1C(=O)c1csc2ccccc12. The molecule has 4 aromatic rings. The Bertz CT molecular complexity index is 1470. The van der Waals surface area contributed by atoms with Gasteiger partial charge in [0.25, 0.3) is 0 Å². The standard InChI is InChI=1S/C34H38N2O4S/c1-38-31-23-27(40-21-19-36-16-6-7-17-36)22-29(33(31)34(37)30-24-41-32-9-3-2-8-28(30)32)25-10-12-26(13-11-25)39-20-18-35-14-4-5-15-35/h2-3,8-13,22-24H,4-7,14-21H2,1H3. The number of nitrogens with zero attached hydrogens (tertiary/aromatic N) is 2. The molecule has 0 unspecified atom stereocenters. The zero-order chi connectivity index (χ0) is 28.0. The molecule has 0 saturated carbocycles. The van der Waals surface area contributed by atoms with Crippen molar-refractivity contribution in [1.82, 2.24) is 9.80 Å². The predicted octanol–water partition coefficient (Wildman–Crippen LogP) is 6.76. The highest BCUT2D eigenvalue weighted by Gasteiger charge is 2.24. The maximum Gasteiger partial charge on any atom is 0.198 e. The van der Waals surface area contributed by atoms with E-state index >= 15 is 0 Å². The highest BCUT2D eigenvalue weighted by molar-refractivity contribution is 7.17. The van der Waals surface area contributed by atoms with Gasteiger partial charge >= 0.3 is 0 Å². The Balaban J connectivity index is 1.30. The molecule has 0 radical (unpaired) electrons. The average Bonchev–Trinajstić information content (AvgIpc) is 3.80. The number of carbonyl (C=O) groups is 1. The minimum atomic E-state index is -0.0520. The molecule has 0 N–H and O–H groups in total. The van der Waals surface area contributed by atoms with Crippen molar-refractivity contribution < 1.29 is 19.0 Å². The summed E-state index contributed by atoms with van der Waals surface area (Å²) in [7, 11) is 1.62. The number of rotatable bonds is 12. The number of thiophene rings is 1. The molecule has 2 saturated heterocycles. The maximum absolute atomic E-state index is 14.2. The Hall–Kier alpha value is -3.39. The highest BCUT2D eigenvalue weighted by atomic mass is 32.1. The number of ether oxygens (including phenoxy) is 3. The number of benzene rings is 3. The van der Waals surface area contributed by atoms with Crippen LogP contribution in [0.25, 0.3) is 21.2 Å². The lowest BCUT2D eigenvalue weighted by Crippen LogP contribution is -2.25. The molecule has 6 rings (SSSR count). The van der Waals surface area contributed by atoms with Gasteiger partial charge in [0.2, 0.25) is 0 Å². The van der Waals surface area contributed by atoms with Crippen LogP contribution in [0.5, 0.6) is 17.2 Å². The first-order chi connectivity index (χ1) is 20.2. The molecule has 7 heteroatoms. The summed E-state index contributed by atoms with van der Waals surface area (Å²) in [6.07, 6.45) is 5.07. The van der Waals surface area contributed by atoms with Gasteiger partial charge in [0, 0.05) is 45.7 Å². The summed E-state index contributed by atoms with van der Waals surface area (Å²) in [5.41, 5.74) is 2.95. The molecule has 2 aliphatic heterocycles. The molecule has 41 heavy (non-hydrogen) atoms. The van der Waals surface area contributed by atoms with Crippen LogP contribution in [0.3, 0.4) is 0 Å². The summed E-state index contributed by atoms with van der Waals surface area (Å²) in [6.45, 7) is 7.69. The largest absolute Gasteiger partial charge is 0.496 e. The lowest BCUT2D eigenvalue weighted by Gasteiger charge is -2.19. The van der Waals surface area contributed by atoms with Crippen LogP contribution in [0, 0.1) is 0 Å². The molecule has 0 spiro atoms. The van der Waals surface area contributed by atoms with E-state index in [1.165, 1.54) is 25.7 Å². The van der Waals surface area contributed by atoms with Crippen molar-refractivity contribution in [3.63, 3.8) is 0 Å². The van der Waals surface area contributed by atoms with Crippen molar-refractivity contribution in [3.05, 3.63) is 77.2 Å². The molecule has 0 atom stereocenters. The molecular weight excluding hydrogens is 532 g/mol. The van der Waals surface area contributed by atoms with Gasteiger partial charge in [0.1, 0.15) is 30.5 Å². The second-order valence-electron chi connectivity index (χ2n) is 10.8. The Labute approximate surface area is 246 Å². The van der Waals surface area contributed by atoms with Crippen molar-refractivity contribution in [3.8, 4) is 28.4 Å². The van der Waals surface area contributed by atoms with E-state index in [1.54, 1.807) is 18.4 Å². The van der Waals surface area contributed by atoms with Gasteiger partial charge in [-0.1, -0.05) is 30.3 Å². The molecule has 3 aromatic carbocycles. The van der Waals surface area contributed by atoms with E-state index in [9.17, 15) is 4.79 Å². The Morgan fingerprint density at radius 1 is 0.805 bits per heavy atom. The topological polar surface area (TPSA) is 51.2 Å². The van der Waals surface area contributed by atoms with Crippen LogP contribution in [0.2, 0.25) is 0 Å². The first-order valence-corrected chi connectivity index (χ1v) is 15.6. The van der Waals surface area contributed by atoms with Crippen LogP contribution in [0.4, 0.5) is 0 Å². The van der Waals surface area contributed by atoms with Crippen LogP contribution in [0.1, 0.15) is 41.6 Å². The number of hydrogen-bond donors (Lipinski definition) is 0. The molecule has 3 heterocycles. The van der Waals surface area contributed by atoms with Crippen LogP contribution in [-0.2, 0) is 0 Å². The van der Waals surface area contributed by atoms with Gasteiger partial charge in [0.05, 0.1) is 12.7 Å². The van der Waals surface area contributed by atoms with Gasteiger partial charge in [-0.05, 0) is 81.7 Å². The van der Waals surface area contributed by atoms with E-state index in [-0.39, 0.29) is 5.78 Å². The molecule has 2 aliphatic rings. The summed E-state index contributed by atoms with van der Waals surface area (Å²) in [4.78, 5) is 19.1. The molecule has 214 valence electrons. The lowest BCUT2D eigenvalue weighted by atomic mass is 9.92. The smallest absolute Gasteiger partial charge is 0.198 e. The minimum Gasteiger partial charge on any atom is -0.496 e. The van der Waals surface area contributed by atoms with Crippen molar-refractivity contribution in [1.29, 1.82) is 0 Å². The molecule has 6 nitrogen and oxygen atoms in total. The van der Waals surface area contributed by atoms with Gasteiger partial charge in [-0.15, -0.1) is 11.3 Å². The third-order valence-electron chi connectivity index (χ3n) is 8.16. The number of hydrogen-bond acceptors (Lipinski definition) is 7. The minimum absolute atomic E-state index is 0.0520. The zero-order valence-corrected chi connectivity index (χ0v) is 24.6. The first-order valence-electron chi connectivity index (χ1n) is 14.7. The number of carbonyl (C=O) groups excluding carboxylic acids is 1. The molecule has 2 fully saturated rings. The number of likely N-dealkylation sites (tertiary alicyclic amines) is 2. The van der Waals surface area contributed by atoms with Gasteiger partial charge in [0.15, 0.2) is 5.78 Å². The average molecular weight is 571 g/mol. The number of ketones is 1. The van der Waals surface area contributed by atoms with Crippen LogP contribution < -0.4 is 14.2 Å². The summed E-state index contributed by atoms with van der Waals surface area (Å²) in [5, 5.41) is 2.91. The van der Waals surface area contributed by atoms with Crippen LogP contribution in [-0.4, -0.2) is 75.2 Å². The Morgan fingerprint density at radius 3 is 2.10 bits per heavy atom. The third kappa shape index (κ3) is 6.43. The molecule has 1 aromatic heterocycles. The Morgan fingerprint density at radius 2 is 1.44 bits per heavy atom. The van der Waals surface area contributed by atoms with Crippen LogP contribution in [0.15, 0.2) is 66.0 Å². The molecular formula is C34H38N2O4S. The summed E-state index contributed by atoms with van der Waals surface area (Å²) in [6, 6.07) is 19.9. The second-order valence-corrected chi connectivity index (χ2v) is 11.8. The van der Waals surface area contributed by atoms with Gasteiger partial charge in [-0.25, -0.2) is 0 Å². The zero-order valence-electron chi connectivity index (χ0n) is 23.8. The summed E-state index contributed by atoms with van der Waals surface area (Å²) in [5.74, 6) is 2.00. The fourth-order valence-corrected chi connectivity index (χ4v) is 6.85. The summed E-state index contributed by atoms with van der Waals surface area (Å²) < 4.78 is 19.2.